The zero-order valence-electron chi connectivity index (χ0n) is 12.4. The molecule has 0 saturated carbocycles. The maximum atomic E-state index is 11.8. The summed E-state index contributed by atoms with van der Waals surface area (Å²) in [7, 11) is 1.92. The second-order valence-corrected chi connectivity index (χ2v) is 5.27. The number of anilines is 1. The van der Waals surface area contributed by atoms with Crippen LogP contribution in [0.2, 0.25) is 0 Å². The Kier molecular flexibility index (Phi) is 5.83. The normalized spacial score (nSPS) is 14.0. The number of rotatable bonds is 5. The van der Waals surface area contributed by atoms with E-state index in [-0.39, 0.29) is 18.1 Å². The van der Waals surface area contributed by atoms with Gasteiger partial charge < -0.3 is 16.0 Å². The van der Waals surface area contributed by atoms with Crippen molar-refractivity contribution in [3.05, 3.63) is 29.8 Å². The van der Waals surface area contributed by atoms with Gasteiger partial charge in [-0.1, -0.05) is 26.0 Å². The van der Waals surface area contributed by atoms with Gasteiger partial charge in [-0.2, -0.15) is 0 Å². The third-order valence-corrected chi connectivity index (χ3v) is 3.44. The van der Waals surface area contributed by atoms with Gasteiger partial charge in [-0.15, -0.1) is 0 Å². The molecule has 1 aromatic carbocycles. The molecular formula is C15H25N3O. The highest BCUT2D eigenvalue weighted by Gasteiger charge is 2.11. The lowest BCUT2D eigenvalue weighted by atomic mass is 10.1. The van der Waals surface area contributed by atoms with Crippen LogP contribution in [0.25, 0.3) is 0 Å². The number of carbonyl (C=O) groups is 1. The minimum Gasteiger partial charge on any atom is -0.335 e. The molecule has 1 rings (SSSR count). The van der Waals surface area contributed by atoms with E-state index in [1.54, 1.807) is 0 Å². The Labute approximate surface area is 116 Å². The molecule has 0 aliphatic rings. The van der Waals surface area contributed by atoms with E-state index in [9.17, 15) is 4.79 Å². The fourth-order valence-electron chi connectivity index (χ4n) is 1.59. The Hall–Kier alpha value is -1.55. The van der Waals surface area contributed by atoms with Crippen molar-refractivity contribution in [2.24, 2.45) is 5.92 Å². The lowest BCUT2D eigenvalue weighted by molar-refractivity contribution is 0.246. The molecule has 106 valence electrons. The van der Waals surface area contributed by atoms with Crippen LogP contribution < -0.4 is 16.0 Å². The highest BCUT2D eigenvalue weighted by atomic mass is 16.2. The predicted molar refractivity (Wildman–Crippen MR) is 80.4 cm³/mol. The summed E-state index contributed by atoms with van der Waals surface area (Å²) in [5, 5.41) is 8.97. The van der Waals surface area contributed by atoms with E-state index < -0.39 is 0 Å². The smallest absolute Gasteiger partial charge is 0.319 e. The van der Waals surface area contributed by atoms with Crippen LogP contribution >= 0.6 is 0 Å². The average molecular weight is 263 g/mol. The van der Waals surface area contributed by atoms with Crippen molar-refractivity contribution in [3.63, 3.8) is 0 Å². The topological polar surface area (TPSA) is 53.2 Å². The van der Waals surface area contributed by atoms with Gasteiger partial charge in [0.1, 0.15) is 0 Å². The molecule has 3 N–H and O–H groups in total. The van der Waals surface area contributed by atoms with E-state index in [1.165, 1.54) is 0 Å². The van der Waals surface area contributed by atoms with E-state index >= 15 is 0 Å². The summed E-state index contributed by atoms with van der Waals surface area (Å²) in [5.41, 5.74) is 1.96. The number of benzene rings is 1. The van der Waals surface area contributed by atoms with Crippen LogP contribution in [0, 0.1) is 5.92 Å². The Morgan fingerprint density at radius 2 is 1.84 bits per heavy atom. The molecule has 2 atom stereocenters. The maximum absolute atomic E-state index is 11.8. The Morgan fingerprint density at radius 3 is 2.42 bits per heavy atom. The molecular weight excluding hydrogens is 238 g/mol. The second-order valence-electron chi connectivity index (χ2n) is 5.27. The summed E-state index contributed by atoms with van der Waals surface area (Å²) < 4.78 is 0. The van der Waals surface area contributed by atoms with E-state index in [0.29, 0.717) is 5.92 Å². The van der Waals surface area contributed by atoms with Crippen molar-refractivity contribution in [2.75, 3.05) is 12.4 Å². The van der Waals surface area contributed by atoms with Crippen LogP contribution in [0.15, 0.2) is 24.3 Å². The first kappa shape index (κ1) is 15.5. The molecule has 0 aliphatic carbocycles. The summed E-state index contributed by atoms with van der Waals surface area (Å²) in [4.78, 5) is 11.8. The predicted octanol–water partition coefficient (Wildman–Crippen LogP) is 3.13. The molecule has 4 nitrogen and oxygen atoms in total. The summed E-state index contributed by atoms with van der Waals surface area (Å²) in [6.07, 6.45) is 0. The molecule has 2 amide bonds. The fraction of sp³-hybridized carbons (Fsp3) is 0.533. The van der Waals surface area contributed by atoms with E-state index in [0.717, 1.165) is 11.3 Å². The minimum atomic E-state index is -0.157. The Bertz CT molecular complexity index is 418. The SMILES string of the molecule is CNC(C)c1cccc(NC(=O)NC(C)C(C)C)c1. The third kappa shape index (κ3) is 4.91. The lowest BCUT2D eigenvalue weighted by Crippen LogP contribution is -2.39. The van der Waals surface area contributed by atoms with Gasteiger partial charge in [0.15, 0.2) is 0 Å². The molecule has 0 spiro atoms. The molecule has 1 aromatic rings. The third-order valence-electron chi connectivity index (χ3n) is 3.44. The van der Waals surface area contributed by atoms with Gasteiger partial charge in [-0.05, 0) is 44.5 Å². The lowest BCUT2D eigenvalue weighted by Gasteiger charge is -2.18. The first-order valence-electron chi connectivity index (χ1n) is 6.78. The van der Waals surface area contributed by atoms with Crippen LogP contribution in [0.4, 0.5) is 10.5 Å². The van der Waals surface area contributed by atoms with Crippen molar-refractivity contribution in [3.8, 4) is 0 Å². The Balaban J connectivity index is 2.64. The van der Waals surface area contributed by atoms with Crippen molar-refractivity contribution < 1.29 is 4.79 Å². The molecule has 0 aromatic heterocycles. The minimum absolute atomic E-state index is 0.152. The van der Waals surface area contributed by atoms with Crippen molar-refractivity contribution >= 4 is 11.7 Å². The summed E-state index contributed by atoms with van der Waals surface area (Å²) in [6.45, 7) is 8.25. The zero-order valence-corrected chi connectivity index (χ0v) is 12.4. The highest BCUT2D eigenvalue weighted by Crippen LogP contribution is 2.16. The number of hydrogen-bond donors (Lipinski definition) is 3. The fourth-order valence-corrected chi connectivity index (χ4v) is 1.59. The van der Waals surface area contributed by atoms with Gasteiger partial charge in [-0.25, -0.2) is 4.79 Å². The molecule has 4 heteroatoms. The van der Waals surface area contributed by atoms with Gasteiger partial charge >= 0.3 is 6.03 Å². The van der Waals surface area contributed by atoms with E-state index in [4.69, 9.17) is 0 Å². The first-order valence-corrected chi connectivity index (χ1v) is 6.78. The van der Waals surface area contributed by atoms with Gasteiger partial charge in [-0.3, -0.25) is 0 Å². The van der Waals surface area contributed by atoms with Gasteiger partial charge in [0.2, 0.25) is 0 Å². The first-order chi connectivity index (χ1) is 8.93. The van der Waals surface area contributed by atoms with Crippen molar-refractivity contribution in [2.45, 2.75) is 39.8 Å². The number of urea groups is 1. The molecule has 0 bridgehead atoms. The van der Waals surface area contributed by atoms with Crippen LogP contribution in [-0.2, 0) is 0 Å². The second kappa shape index (κ2) is 7.14. The zero-order chi connectivity index (χ0) is 14.4. The number of carbonyl (C=O) groups excluding carboxylic acids is 1. The standard InChI is InChI=1S/C15H25N3O/c1-10(2)11(3)17-15(19)18-14-8-6-7-13(9-14)12(4)16-5/h6-12,16H,1-5H3,(H2,17,18,19). The molecule has 2 unspecified atom stereocenters. The van der Waals surface area contributed by atoms with Crippen LogP contribution in [-0.4, -0.2) is 19.1 Å². The van der Waals surface area contributed by atoms with E-state index in [2.05, 4.69) is 36.7 Å². The molecule has 0 radical (unpaired) electrons. The van der Waals surface area contributed by atoms with Gasteiger partial charge in [0, 0.05) is 17.8 Å². The summed E-state index contributed by atoms with van der Waals surface area (Å²) in [5.74, 6) is 0.418. The molecule has 0 fully saturated rings. The molecule has 0 heterocycles. The molecule has 0 saturated heterocycles. The maximum Gasteiger partial charge on any atom is 0.319 e. The highest BCUT2D eigenvalue weighted by molar-refractivity contribution is 5.89. The van der Waals surface area contributed by atoms with Crippen molar-refractivity contribution in [1.82, 2.24) is 10.6 Å². The van der Waals surface area contributed by atoms with Gasteiger partial charge in [0.25, 0.3) is 0 Å². The number of amides is 2. The van der Waals surface area contributed by atoms with Crippen LogP contribution in [0.5, 0.6) is 0 Å². The quantitative estimate of drug-likeness (QED) is 0.764. The number of hydrogen-bond acceptors (Lipinski definition) is 2. The largest absolute Gasteiger partial charge is 0.335 e. The molecule has 0 aliphatic heterocycles. The summed E-state index contributed by atoms with van der Waals surface area (Å²) >= 11 is 0. The van der Waals surface area contributed by atoms with Gasteiger partial charge in [0.05, 0.1) is 0 Å². The molecule has 19 heavy (non-hydrogen) atoms. The monoisotopic (exact) mass is 263 g/mol. The van der Waals surface area contributed by atoms with Crippen LogP contribution in [0.3, 0.4) is 0 Å². The van der Waals surface area contributed by atoms with Crippen molar-refractivity contribution in [1.29, 1.82) is 0 Å². The Morgan fingerprint density at radius 1 is 1.16 bits per heavy atom. The van der Waals surface area contributed by atoms with E-state index in [1.807, 2.05) is 38.2 Å². The average Bonchev–Trinajstić information content (AvgIpc) is 2.37. The number of nitrogens with one attached hydrogen (secondary N) is 3. The van der Waals surface area contributed by atoms with Crippen LogP contribution in [0.1, 0.15) is 39.3 Å². The summed E-state index contributed by atoms with van der Waals surface area (Å²) in [6, 6.07) is 8.13.